The van der Waals surface area contributed by atoms with Gasteiger partial charge < -0.3 is 9.64 Å². The van der Waals surface area contributed by atoms with Crippen molar-refractivity contribution in [3.63, 3.8) is 0 Å². The lowest BCUT2D eigenvalue weighted by Gasteiger charge is -2.51. The van der Waals surface area contributed by atoms with Crippen molar-refractivity contribution in [2.24, 2.45) is 11.8 Å². The number of ether oxygens (including phenoxy) is 1. The van der Waals surface area contributed by atoms with Crippen LogP contribution in [0.2, 0.25) is 5.02 Å². The van der Waals surface area contributed by atoms with Crippen LogP contribution in [0.15, 0.2) is 41.3 Å². The number of benzene rings is 2. The summed E-state index contributed by atoms with van der Waals surface area (Å²) in [5.74, 6) is -3.00. The predicted octanol–water partition coefficient (Wildman–Crippen LogP) is 4.96. The van der Waals surface area contributed by atoms with E-state index in [1.165, 1.54) is 31.2 Å². The van der Waals surface area contributed by atoms with Crippen LogP contribution in [0.3, 0.4) is 0 Å². The molecule has 2 aliphatic rings. The molecule has 2 aromatic carbocycles. The van der Waals surface area contributed by atoms with Crippen molar-refractivity contribution in [1.29, 1.82) is 0 Å². The number of carbonyl (C=O) groups excluding carboxylic acids is 1. The molecule has 0 N–H and O–H groups in total. The van der Waals surface area contributed by atoms with Crippen LogP contribution in [0.4, 0.5) is 8.78 Å². The molecular weight excluding hydrogens is 472 g/mol. The monoisotopic (exact) mass is 497 g/mol. The fourth-order valence-corrected chi connectivity index (χ4v) is 8.06. The van der Waals surface area contributed by atoms with E-state index in [-0.39, 0.29) is 41.1 Å². The highest BCUT2D eigenvalue weighted by molar-refractivity contribution is 7.92. The van der Waals surface area contributed by atoms with E-state index in [1.807, 2.05) is 6.92 Å². The number of amides is 1. The van der Waals surface area contributed by atoms with E-state index in [4.69, 9.17) is 16.3 Å². The van der Waals surface area contributed by atoms with Crippen LogP contribution in [0.5, 0.6) is 5.75 Å². The van der Waals surface area contributed by atoms with Crippen molar-refractivity contribution in [3.8, 4) is 5.75 Å². The first-order valence-electron chi connectivity index (χ1n) is 11.0. The molecule has 0 bridgehead atoms. The largest absolute Gasteiger partial charge is 0.490 e. The number of hydrogen-bond donors (Lipinski definition) is 0. The second-order valence-corrected chi connectivity index (χ2v) is 11.4. The zero-order valence-electron chi connectivity index (χ0n) is 18.5. The Kier molecular flexibility index (Phi) is 6.44. The van der Waals surface area contributed by atoms with Gasteiger partial charge in [-0.25, -0.2) is 17.2 Å². The van der Waals surface area contributed by atoms with Crippen LogP contribution in [0.25, 0.3) is 0 Å². The Bertz CT molecular complexity index is 1170. The molecule has 4 rings (SSSR count). The summed E-state index contributed by atoms with van der Waals surface area (Å²) in [6, 6.07) is 7.64. The third kappa shape index (κ3) is 3.81. The fraction of sp³-hybridized carbons (Fsp3) is 0.458. The molecule has 178 valence electrons. The first-order chi connectivity index (χ1) is 15.6. The lowest BCUT2D eigenvalue weighted by atomic mass is 9.67. The summed E-state index contributed by atoms with van der Waals surface area (Å²) in [6.07, 6.45) is 1.27. The van der Waals surface area contributed by atoms with Crippen LogP contribution in [0.1, 0.15) is 38.7 Å². The van der Waals surface area contributed by atoms with Crippen molar-refractivity contribution in [2.45, 2.75) is 42.8 Å². The second kappa shape index (κ2) is 8.87. The summed E-state index contributed by atoms with van der Waals surface area (Å²) in [6.45, 7) is 4.02. The maximum Gasteiger partial charge on any atom is 0.219 e. The molecule has 3 atom stereocenters. The topological polar surface area (TPSA) is 63.7 Å². The number of halogens is 3. The lowest BCUT2D eigenvalue weighted by Crippen LogP contribution is -2.56. The van der Waals surface area contributed by atoms with Gasteiger partial charge in [-0.15, -0.1) is 0 Å². The smallest absolute Gasteiger partial charge is 0.219 e. The van der Waals surface area contributed by atoms with Gasteiger partial charge in [0.05, 0.1) is 17.1 Å². The normalized spacial score (nSPS) is 24.4. The van der Waals surface area contributed by atoms with Gasteiger partial charge in [-0.3, -0.25) is 4.79 Å². The van der Waals surface area contributed by atoms with E-state index in [0.717, 1.165) is 12.1 Å². The molecule has 33 heavy (non-hydrogen) atoms. The van der Waals surface area contributed by atoms with E-state index >= 15 is 4.39 Å². The summed E-state index contributed by atoms with van der Waals surface area (Å²) >= 11 is 5.97. The highest BCUT2D eigenvalue weighted by atomic mass is 35.5. The first-order valence-corrected chi connectivity index (χ1v) is 12.9. The number of carbonyl (C=O) groups is 1. The third-order valence-corrected chi connectivity index (χ3v) is 9.88. The van der Waals surface area contributed by atoms with Crippen molar-refractivity contribution < 1.29 is 26.7 Å². The number of nitrogens with zero attached hydrogens (tertiary/aromatic N) is 1. The summed E-state index contributed by atoms with van der Waals surface area (Å²) < 4.78 is 62.6. The molecule has 0 aromatic heterocycles. The molecule has 0 radical (unpaired) electrons. The predicted molar refractivity (Wildman–Crippen MR) is 121 cm³/mol. The first kappa shape index (κ1) is 24.0. The Hall–Kier alpha value is -2.19. The van der Waals surface area contributed by atoms with Gasteiger partial charge in [-0.05, 0) is 62.1 Å². The van der Waals surface area contributed by atoms with Gasteiger partial charge in [-0.1, -0.05) is 18.0 Å². The molecule has 1 unspecified atom stereocenters. The van der Waals surface area contributed by atoms with Crippen LogP contribution < -0.4 is 4.74 Å². The molecule has 1 aliphatic carbocycles. The molecule has 1 saturated carbocycles. The minimum Gasteiger partial charge on any atom is -0.490 e. The van der Waals surface area contributed by atoms with Crippen LogP contribution in [-0.2, 0) is 19.4 Å². The molecule has 2 aromatic rings. The molecule has 1 fully saturated rings. The summed E-state index contributed by atoms with van der Waals surface area (Å²) in [4.78, 5) is 13.7. The SMILES string of the molecule is CCN(C[C@@H]1CCC[C@@]2(S(=O)(=O)c3ccc(Cl)cc3)c3c(F)ccc(F)c3OCC12)C(C)=O. The third-order valence-electron chi connectivity index (χ3n) is 7.07. The van der Waals surface area contributed by atoms with Gasteiger partial charge in [0.25, 0.3) is 0 Å². The van der Waals surface area contributed by atoms with E-state index < -0.39 is 32.1 Å². The number of sulfone groups is 1. The molecule has 5 nitrogen and oxygen atoms in total. The average Bonchev–Trinajstić information content (AvgIpc) is 2.79. The molecule has 9 heteroatoms. The van der Waals surface area contributed by atoms with Gasteiger partial charge in [0.15, 0.2) is 21.4 Å². The van der Waals surface area contributed by atoms with Crippen molar-refractivity contribution >= 4 is 27.3 Å². The van der Waals surface area contributed by atoms with Crippen molar-refractivity contribution in [2.75, 3.05) is 19.7 Å². The Morgan fingerprint density at radius 3 is 2.48 bits per heavy atom. The van der Waals surface area contributed by atoms with Crippen molar-refractivity contribution in [3.05, 3.63) is 58.6 Å². The molecule has 1 heterocycles. The Morgan fingerprint density at radius 2 is 1.85 bits per heavy atom. The van der Waals surface area contributed by atoms with Gasteiger partial charge in [0.1, 0.15) is 10.6 Å². The summed E-state index contributed by atoms with van der Waals surface area (Å²) in [7, 11) is -4.20. The quantitative estimate of drug-likeness (QED) is 0.585. The minimum atomic E-state index is -4.20. The number of rotatable bonds is 5. The highest BCUT2D eigenvalue weighted by Gasteiger charge is 2.61. The van der Waals surface area contributed by atoms with E-state index in [1.54, 1.807) is 4.90 Å². The van der Waals surface area contributed by atoms with Crippen LogP contribution in [-0.4, -0.2) is 38.9 Å². The van der Waals surface area contributed by atoms with E-state index in [9.17, 15) is 17.6 Å². The van der Waals surface area contributed by atoms with Gasteiger partial charge in [0.2, 0.25) is 5.91 Å². The minimum absolute atomic E-state index is 0.00650. The van der Waals surface area contributed by atoms with Crippen LogP contribution in [0, 0.1) is 23.5 Å². The summed E-state index contributed by atoms with van der Waals surface area (Å²) in [5, 5.41) is 0.370. The molecular formula is C24H26ClF2NO4S. The number of hydrogen-bond acceptors (Lipinski definition) is 4. The molecule has 1 aliphatic heterocycles. The zero-order valence-corrected chi connectivity index (χ0v) is 20.1. The zero-order chi connectivity index (χ0) is 24.0. The highest BCUT2D eigenvalue weighted by Crippen LogP contribution is 2.58. The number of fused-ring (bicyclic) bond motifs is 3. The maximum absolute atomic E-state index is 15.4. The second-order valence-electron chi connectivity index (χ2n) is 8.71. The Labute approximate surface area is 197 Å². The van der Waals surface area contributed by atoms with Crippen molar-refractivity contribution in [1.82, 2.24) is 4.90 Å². The van der Waals surface area contributed by atoms with Gasteiger partial charge in [-0.2, -0.15) is 0 Å². The molecule has 0 saturated heterocycles. The Morgan fingerprint density at radius 1 is 1.18 bits per heavy atom. The standard InChI is InChI=1S/C24H26ClF2NO4S/c1-3-28(15(2)29)13-16-5-4-12-24(33(30,31)18-8-6-17(25)7-9-18)19(16)14-32-23-21(27)11-10-20(26)22(23)24/h6-11,16,19H,3-5,12-14H2,1-2H3/t16-,19?,24-/m0/s1. The lowest BCUT2D eigenvalue weighted by molar-refractivity contribution is -0.130. The summed E-state index contributed by atoms with van der Waals surface area (Å²) in [5.41, 5.74) is -0.246. The van der Waals surface area contributed by atoms with E-state index in [2.05, 4.69) is 0 Å². The van der Waals surface area contributed by atoms with Crippen LogP contribution >= 0.6 is 11.6 Å². The fourth-order valence-electron chi connectivity index (χ4n) is 5.49. The van der Waals surface area contributed by atoms with E-state index in [0.29, 0.717) is 31.0 Å². The van der Waals surface area contributed by atoms with Gasteiger partial charge >= 0.3 is 0 Å². The Balaban J connectivity index is 1.95. The van der Waals surface area contributed by atoms with Gasteiger partial charge in [0, 0.05) is 31.0 Å². The molecule has 1 amide bonds. The molecule has 0 spiro atoms. The average molecular weight is 498 g/mol. The maximum atomic E-state index is 15.4.